The molecule has 0 radical (unpaired) electrons. The lowest BCUT2D eigenvalue weighted by Gasteiger charge is -2.09. The van der Waals surface area contributed by atoms with E-state index in [4.69, 9.17) is 9.15 Å². The fourth-order valence-electron chi connectivity index (χ4n) is 1.18. The number of methoxy groups -OCH3 is 1. The standard InChI is InChI=1S/C10H18N2O4S/c1-8(15-3)6-12-7-9-4-5-10(16-9)17(13,14)11-2/h4-5,8,11-12H,6-7H2,1-3H3. The van der Waals surface area contributed by atoms with Crippen molar-refractivity contribution in [3.63, 3.8) is 0 Å². The summed E-state index contributed by atoms with van der Waals surface area (Å²) in [4.78, 5) is 0. The van der Waals surface area contributed by atoms with Crippen molar-refractivity contribution < 1.29 is 17.6 Å². The normalized spacial score (nSPS) is 13.8. The van der Waals surface area contributed by atoms with Crippen LogP contribution >= 0.6 is 0 Å². The summed E-state index contributed by atoms with van der Waals surface area (Å²) in [6.07, 6.45) is 0.102. The summed E-state index contributed by atoms with van der Waals surface area (Å²) in [6, 6.07) is 3.07. The second-order valence-corrected chi connectivity index (χ2v) is 5.42. The van der Waals surface area contributed by atoms with E-state index in [0.29, 0.717) is 18.8 Å². The zero-order valence-corrected chi connectivity index (χ0v) is 11.0. The molecule has 1 heterocycles. The Morgan fingerprint density at radius 3 is 2.76 bits per heavy atom. The van der Waals surface area contributed by atoms with Gasteiger partial charge < -0.3 is 14.5 Å². The molecule has 1 aromatic rings. The third-order valence-corrected chi connectivity index (χ3v) is 3.59. The molecule has 0 aromatic carbocycles. The Balaban J connectivity index is 2.52. The summed E-state index contributed by atoms with van der Waals surface area (Å²) in [7, 11) is -0.513. The summed E-state index contributed by atoms with van der Waals surface area (Å²) < 4.78 is 35.3. The largest absolute Gasteiger partial charge is 0.447 e. The Morgan fingerprint density at radius 2 is 2.18 bits per heavy atom. The molecule has 1 aromatic heterocycles. The molecule has 6 nitrogen and oxygen atoms in total. The maximum atomic E-state index is 11.4. The van der Waals surface area contributed by atoms with Gasteiger partial charge in [-0.05, 0) is 26.1 Å². The molecule has 1 atom stereocenters. The lowest BCUT2D eigenvalue weighted by Crippen LogP contribution is -2.25. The van der Waals surface area contributed by atoms with Crippen molar-refractivity contribution in [2.45, 2.75) is 24.7 Å². The van der Waals surface area contributed by atoms with Gasteiger partial charge in [0.1, 0.15) is 5.76 Å². The summed E-state index contributed by atoms with van der Waals surface area (Å²) in [5, 5.41) is 3.03. The minimum Gasteiger partial charge on any atom is -0.447 e. The molecule has 98 valence electrons. The van der Waals surface area contributed by atoms with E-state index in [1.165, 1.54) is 13.1 Å². The van der Waals surface area contributed by atoms with Gasteiger partial charge in [-0.25, -0.2) is 13.1 Å². The van der Waals surface area contributed by atoms with E-state index in [1.807, 2.05) is 6.92 Å². The molecule has 0 saturated heterocycles. The fourth-order valence-corrected chi connectivity index (χ4v) is 1.85. The molecule has 7 heteroatoms. The number of sulfonamides is 1. The van der Waals surface area contributed by atoms with Crippen LogP contribution in [0.1, 0.15) is 12.7 Å². The number of nitrogens with one attached hydrogen (secondary N) is 2. The molecular formula is C10H18N2O4S. The third kappa shape index (κ3) is 4.12. The Morgan fingerprint density at radius 1 is 1.47 bits per heavy atom. The highest BCUT2D eigenvalue weighted by Crippen LogP contribution is 2.13. The Hall–Kier alpha value is -0.890. The smallest absolute Gasteiger partial charge is 0.273 e. The molecule has 0 amide bonds. The predicted octanol–water partition coefficient (Wildman–Crippen LogP) is 0.312. The highest BCUT2D eigenvalue weighted by Gasteiger charge is 2.16. The quantitative estimate of drug-likeness (QED) is 0.739. The molecule has 2 N–H and O–H groups in total. The van der Waals surface area contributed by atoms with Crippen LogP contribution in [0.2, 0.25) is 0 Å². The van der Waals surface area contributed by atoms with Gasteiger partial charge in [0.15, 0.2) is 0 Å². The molecule has 0 saturated carbocycles. The fraction of sp³-hybridized carbons (Fsp3) is 0.600. The van der Waals surface area contributed by atoms with Gasteiger partial charge in [0.25, 0.3) is 10.0 Å². The van der Waals surface area contributed by atoms with Gasteiger partial charge in [-0.3, -0.25) is 0 Å². The van der Waals surface area contributed by atoms with Crippen LogP contribution < -0.4 is 10.0 Å². The zero-order valence-electron chi connectivity index (χ0n) is 10.2. The number of hydrogen-bond acceptors (Lipinski definition) is 5. The molecule has 1 rings (SSSR count). The number of hydrogen-bond donors (Lipinski definition) is 2. The van der Waals surface area contributed by atoms with Crippen molar-refractivity contribution >= 4 is 10.0 Å². The van der Waals surface area contributed by atoms with Crippen molar-refractivity contribution in [2.75, 3.05) is 20.7 Å². The van der Waals surface area contributed by atoms with Crippen molar-refractivity contribution in [3.05, 3.63) is 17.9 Å². The van der Waals surface area contributed by atoms with Crippen LogP contribution in [0.15, 0.2) is 21.6 Å². The Bertz CT molecular complexity index is 441. The van der Waals surface area contributed by atoms with Crippen LogP contribution in [0, 0.1) is 0 Å². The van der Waals surface area contributed by atoms with Crippen molar-refractivity contribution in [1.82, 2.24) is 10.0 Å². The molecule has 1 unspecified atom stereocenters. The molecule has 0 spiro atoms. The first-order valence-electron chi connectivity index (χ1n) is 5.25. The van der Waals surface area contributed by atoms with Gasteiger partial charge in [0.2, 0.25) is 5.09 Å². The highest BCUT2D eigenvalue weighted by atomic mass is 32.2. The van der Waals surface area contributed by atoms with Crippen molar-refractivity contribution in [3.8, 4) is 0 Å². The van der Waals surface area contributed by atoms with E-state index in [0.717, 1.165) is 0 Å². The average molecular weight is 262 g/mol. The van der Waals surface area contributed by atoms with Gasteiger partial charge in [0, 0.05) is 13.7 Å². The van der Waals surface area contributed by atoms with Crippen LogP contribution in [-0.2, 0) is 21.3 Å². The summed E-state index contributed by atoms with van der Waals surface area (Å²) in [5.41, 5.74) is 0. The van der Waals surface area contributed by atoms with Crippen LogP contribution in [0.4, 0.5) is 0 Å². The Kier molecular flexibility index (Phi) is 5.13. The monoisotopic (exact) mass is 262 g/mol. The predicted molar refractivity (Wildman–Crippen MR) is 63.1 cm³/mol. The topological polar surface area (TPSA) is 80.6 Å². The third-order valence-electron chi connectivity index (χ3n) is 2.30. The van der Waals surface area contributed by atoms with E-state index in [1.54, 1.807) is 13.2 Å². The molecule has 0 aliphatic carbocycles. The lowest BCUT2D eigenvalue weighted by atomic mass is 10.4. The zero-order chi connectivity index (χ0) is 12.9. The summed E-state index contributed by atoms with van der Waals surface area (Å²) >= 11 is 0. The van der Waals surface area contributed by atoms with Crippen LogP contribution in [0.3, 0.4) is 0 Å². The van der Waals surface area contributed by atoms with Gasteiger partial charge in [-0.2, -0.15) is 0 Å². The first kappa shape index (κ1) is 14.2. The molecule has 0 bridgehead atoms. The van der Waals surface area contributed by atoms with E-state index in [2.05, 4.69) is 10.0 Å². The first-order valence-corrected chi connectivity index (χ1v) is 6.73. The van der Waals surface area contributed by atoms with Crippen molar-refractivity contribution in [1.29, 1.82) is 0 Å². The van der Waals surface area contributed by atoms with Crippen LogP contribution in [-0.4, -0.2) is 35.2 Å². The first-order chi connectivity index (χ1) is 7.99. The van der Waals surface area contributed by atoms with E-state index >= 15 is 0 Å². The molecule has 0 aliphatic heterocycles. The van der Waals surface area contributed by atoms with Crippen LogP contribution in [0.5, 0.6) is 0 Å². The summed E-state index contributed by atoms with van der Waals surface area (Å²) in [6.45, 7) is 3.07. The Labute approximate surface area is 101 Å². The van der Waals surface area contributed by atoms with Gasteiger partial charge in [0.05, 0.1) is 12.6 Å². The molecule has 0 fully saturated rings. The van der Waals surface area contributed by atoms with Gasteiger partial charge in [-0.15, -0.1) is 0 Å². The highest BCUT2D eigenvalue weighted by molar-refractivity contribution is 7.89. The van der Waals surface area contributed by atoms with Gasteiger partial charge >= 0.3 is 0 Å². The van der Waals surface area contributed by atoms with E-state index in [-0.39, 0.29) is 11.2 Å². The number of furan rings is 1. The second-order valence-electron chi connectivity index (χ2n) is 3.61. The molecular weight excluding hydrogens is 244 g/mol. The van der Waals surface area contributed by atoms with E-state index < -0.39 is 10.0 Å². The molecule has 0 aliphatic rings. The average Bonchev–Trinajstić information content (AvgIpc) is 2.78. The minimum atomic E-state index is -3.49. The maximum Gasteiger partial charge on any atom is 0.273 e. The lowest BCUT2D eigenvalue weighted by molar-refractivity contribution is 0.116. The minimum absolute atomic E-state index is 0.0726. The van der Waals surface area contributed by atoms with Crippen LogP contribution in [0.25, 0.3) is 0 Å². The SMILES string of the molecule is CNS(=O)(=O)c1ccc(CNCC(C)OC)o1. The van der Waals surface area contributed by atoms with Gasteiger partial charge in [-0.1, -0.05) is 0 Å². The molecule has 17 heavy (non-hydrogen) atoms. The number of ether oxygens (including phenoxy) is 1. The van der Waals surface area contributed by atoms with Crippen molar-refractivity contribution in [2.24, 2.45) is 0 Å². The second kappa shape index (κ2) is 6.15. The van der Waals surface area contributed by atoms with E-state index in [9.17, 15) is 8.42 Å². The summed E-state index contributed by atoms with van der Waals surface area (Å²) in [5.74, 6) is 0.571. The number of rotatable bonds is 7. The maximum absolute atomic E-state index is 11.4.